The standard InChI is InChI=1S/C17H13FN6O/c18-10-2-1-3-11-12(10)15-19-6-7-23(15)17-13(20-8-24(11)17)16-21-14(22-25-16)9-4-5-9/h1-3,8-9H,4-7H2. The molecule has 25 heavy (non-hydrogen) atoms. The first kappa shape index (κ1) is 13.3. The van der Waals surface area contributed by atoms with Crippen LogP contribution >= 0.6 is 0 Å². The summed E-state index contributed by atoms with van der Waals surface area (Å²) in [7, 11) is 0. The van der Waals surface area contributed by atoms with Gasteiger partial charge in [-0.05, 0) is 25.0 Å². The average molecular weight is 336 g/mol. The molecule has 3 aliphatic rings. The number of imidazole rings is 1. The van der Waals surface area contributed by atoms with Crippen LogP contribution in [-0.4, -0.2) is 38.6 Å². The van der Waals surface area contributed by atoms with Crippen molar-refractivity contribution in [2.45, 2.75) is 18.8 Å². The average Bonchev–Trinajstić information content (AvgIpc) is 3.03. The zero-order chi connectivity index (χ0) is 16.5. The Kier molecular flexibility index (Phi) is 2.41. The minimum Gasteiger partial charge on any atom is -0.332 e. The van der Waals surface area contributed by atoms with E-state index in [1.165, 1.54) is 6.07 Å². The molecule has 124 valence electrons. The third-order valence-corrected chi connectivity index (χ3v) is 4.90. The van der Waals surface area contributed by atoms with Crippen molar-refractivity contribution in [3.8, 4) is 17.3 Å². The van der Waals surface area contributed by atoms with Crippen LogP contribution in [0.15, 0.2) is 34.0 Å². The highest BCUT2D eigenvalue weighted by Gasteiger charge is 2.37. The molecule has 1 fully saturated rings. The van der Waals surface area contributed by atoms with Crippen molar-refractivity contribution in [3.63, 3.8) is 0 Å². The zero-order valence-electron chi connectivity index (χ0n) is 13.2. The molecule has 1 aliphatic carbocycles. The smallest absolute Gasteiger partial charge is 0.280 e. The van der Waals surface area contributed by atoms with Gasteiger partial charge in [-0.2, -0.15) is 4.98 Å². The van der Waals surface area contributed by atoms with Crippen molar-refractivity contribution in [1.29, 1.82) is 0 Å². The number of nitrogens with zero attached hydrogens (tertiary/aromatic N) is 6. The normalized spacial score (nSPS) is 18.0. The lowest BCUT2D eigenvalue weighted by Gasteiger charge is -2.29. The summed E-state index contributed by atoms with van der Waals surface area (Å²) in [5, 5.41) is 4.08. The molecule has 0 unspecified atom stereocenters. The van der Waals surface area contributed by atoms with E-state index in [0.717, 1.165) is 30.2 Å². The summed E-state index contributed by atoms with van der Waals surface area (Å²) < 4.78 is 21.8. The Hall–Kier alpha value is -3.03. The number of halogens is 1. The molecule has 0 N–H and O–H groups in total. The molecule has 0 saturated heterocycles. The highest BCUT2D eigenvalue weighted by molar-refractivity contribution is 6.16. The van der Waals surface area contributed by atoms with Gasteiger partial charge in [-0.25, -0.2) is 9.37 Å². The predicted octanol–water partition coefficient (Wildman–Crippen LogP) is 2.52. The molecule has 0 bridgehead atoms. The highest BCUT2D eigenvalue weighted by Crippen LogP contribution is 2.42. The fraction of sp³-hybridized carbons (Fsp3) is 0.294. The molecule has 0 spiro atoms. The SMILES string of the molecule is Fc1cccc2c1C1=NCCN1c1c(-c3nc(C4CC4)no3)ncn1-2. The molecule has 6 rings (SSSR count). The van der Waals surface area contributed by atoms with E-state index in [1.54, 1.807) is 12.4 Å². The van der Waals surface area contributed by atoms with E-state index in [-0.39, 0.29) is 5.82 Å². The van der Waals surface area contributed by atoms with Crippen LogP contribution in [-0.2, 0) is 0 Å². The number of hydrogen-bond donors (Lipinski definition) is 0. The van der Waals surface area contributed by atoms with Gasteiger partial charge in [-0.1, -0.05) is 11.2 Å². The Balaban J connectivity index is 1.58. The number of rotatable bonds is 2. The molecule has 0 amide bonds. The molecule has 7 nitrogen and oxygen atoms in total. The van der Waals surface area contributed by atoms with Gasteiger partial charge < -0.3 is 9.42 Å². The number of aromatic nitrogens is 4. The van der Waals surface area contributed by atoms with Crippen molar-refractivity contribution in [3.05, 3.63) is 41.7 Å². The van der Waals surface area contributed by atoms with Crippen LogP contribution in [0.25, 0.3) is 17.3 Å². The largest absolute Gasteiger partial charge is 0.332 e. The lowest BCUT2D eigenvalue weighted by atomic mass is 10.1. The molecule has 1 saturated carbocycles. The Labute approximate surface area is 141 Å². The summed E-state index contributed by atoms with van der Waals surface area (Å²) in [5.74, 6) is 2.73. The summed E-state index contributed by atoms with van der Waals surface area (Å²) >= 11 is 0. The van der Waals surface area contributed by atoms with Gasteiger partial charge in [0.25, 0.3) is 5.89 Å². The Morgan fingerprint density at radius 1 is 1.24 bits per heavy atom. The van der Waals surface area contributed by atoms with Crippen LogP contribution in [0, 0.1) is 5.82 Å². The first-order valence-corrected chi connectivity index (χ1v) is 8.34. The number of aliphatic imine (C=N–C) groups is 1. The molecular weight excluding hydrogens is 323 g/mol. The van der Waals surface area contributed by atoms with Crippen molar-refractivity contribution < 1.29 is 8.91 Å². The summed E-state index contributed by atoms with van der Waals surface area (Å²) in [4.78, 5) is 15.5. The molecule has 8 heteroatoms. The number of fused-ring (bicyclic) bond motifs is 6. The van der Waals surface area contributed by atoms with Gasteiger partial charge in [-0.3, -0.25) is 9.56 Å². The van der Waals surface area contributed by atoms with Crippen molar-refractivity contribution in [2.24, 2.45) is 4.99 Å². The first-order chi connectivity index (χ1) is 12.3. The lowest BCUT2D eigenvalue weighted by molar-refractivity contribution is 0.421. The highest BCUT2D eigenvalue weighted by atomic mass is 19.1. The van der Waals surface area contributed by atoms with Crippen molar-refractivity contribution in [2.75, 3.05) is 18.0 Å². The third-order valence-electron chi connectivity index (χ3n) is 4.90. The Morgan fingerprint density at radius 3 is 3.04 bits per heavy atom. The second-order valence-corrected chi connectivity index (χ2v) is 6.51. The van der Waals surface area contributed by atoms with E-state index in [9.17, 15) is 4.39 Å². The number of hydrogen-bond acceptors (Lipinski definition) is 6. The van der Waals surface area contributed by atoms with E-state index in [2.05, 4.69) is 20.1 Å². The summed E-state index contributed by atoms with van der Waals surface area (Å²) in [6.07, 6.45) is 3.89. The first-order valence-electron chi connectivity index (χ1n) is 8.34. The Bertz CT molecular complexity index is 1050. The molecule has 0 radical (unpaired) electrons. The molecule has 2 aromatic heterocycles. The van der Waals surface area contributed by atoms with Crippen molar-refractivity contribution in [1.82, 2.24) is 19.7 Å². The summed E-state index contributed by atoms with van der Waals surface area (Å²) in [6, 6.07) is 5.02. The predicted molar refractivity (Wildman–Crippen MR) is 87.5 cm³/mol. The lowest BCUT2D eigenvalue weighted by Crippen LogP contribution is -2.35. The van der Waals surface area contributed by atoms with E-state index in [4.69, 9.17) is 4.52 Å². The molecule has 1 aromatic carbocycles. The van der Waals surface area contributed by atoms with E-state index in [0.29, 0.717) is 42.0 Å². The molecule has 2 aliphatic heterocycles. The molecule has 0 atom stereocenters. The van der Waals surface area contributed by atoms with Crippen LogP contribution in [0.3, 0.4) is 0 Å². The minimum atomic E-state index is -0.280. The summed E-state index contributed by atoms with van der Waals surface area (Å²) in [6.45, 7) is 1.29. The monoisotopic (exact) mass is 336 g/mol. The van der Waals surface area contributed by atoms with Gasteiger partial charge in [0, 0.05) is 12.5 Å². The fourth-order valence-corrected chi connectivity index (χ4v) is 3.57. The van der Waals surface area contributed by atoms with E-state index >= 15 is 0 Å². The number of benzene rings is 1. The maximum absolute atomic E-state index is 14.5. The van der Waals surface area contributed by atoms with Crippen LogP contribution in [0.4, 0.5) is 10.2 Å². The van der Waals surface area contributed by atoms with Gasteiger partial charge in [0.15, 0.2) is 17.3 Å². The maximum atomic E-state index is 14.5. The van der Waals surface area contributed by atoms with Crippen LogP contribution in [0.1, 0.15) is 30.1 Å². The zero-order valence-corrected chi connectivity index (χ0v) is 13.2. The van der Waals surface area contributed by atoms with Gasteiger partial charge in [0.1, 0.15) is 18.0 Å². The number of anilines is 1. The molecular formula is C17H13FN6O. The van der Waals surface area contributed by atoms with Gasteiger partial charge in [-0.15, -0.1) is 0 Å². The van der Waals surface area contributed by atoms with Gasteiger partial charge >= 0.3 is 0 Å². The van der Waals surface area contributed by atoms with Gasteiger partial charge in [0.2, 0.25) is 0 Å². The molecule has 3 aromatic rings. The van der Waals surface area contributed by atoms with Gasteiger partial charge in [0.05, 0.1) is 17.8 Å². The second kappa shape index (κ2) is 4.53. The molecule has 4 heterocycles. The maximum Gasteiger partial charge on any atom is 0.280 e. The van der Waals surface area contributed by atoms with E-state index < -0.39 is 0 Å². The third kappa shape index (κ3) is 1.73. The van der Waals surface area contributed by atoms with Crippen LogP contribution < -0.4 is 4.90 Å². The van der Waals surface area contributed by atoms with Crippen LogP contribution in [0.2, 0.25) is 0 Å². The quantitative estimate of drug-likeness (QED) is 0.719. The summed E-state index contributed by atoms with van der Waals surface area (Å²) in [5.41, 5.74) is 1.86. The van der Waals surface area contributed by atoms with Crippen LogP contribution in [0.5, 0.6) is 0 Å². The minimum absolute atomic E-state index is 0.280. The second-order valence-electron chi connectivity index (χ2n) is 6.51. The Morgan fingerprint density at radius 2 is 2.16 bits per heavy atom. The van der Waals surface area contributed by atoms with E-state index in [1.807, 2.05) is 15.5 Å². The van der Waals surface area contributed by atoms with Crippen molar-refractivity contribution >= 4 is 11.7 Å². The topological polar surface area (TPSA) is 72.3 Å². The fourth-order valence-electron chi connectivity index (χ4n) is 3.57. The number of amidine groups is 1.